The van der Waals surface area contributed by atoms with Crippen molar-refractivity contribution >= 4 is 28.3 Å². The summed E-state index contributed by atoms with van der Waals surface area (Å²) in [5.74, 6) is 1.36. The number of ether oxygens (including phenoxy) is 2. The summed E-state index contributed by atoms with van der Waals surface area (Å²) in [6.45, 7) is 7.58. The van der Waals surface area contributed by atoms with Gasteiger partial charge in [-0.05, 0) is 44.9 Å². The number of benzene rings is 1. The van der Waals surface area contributed by atoms with Crippen LogP contribution in [0, 0.1) is 0 Å². The number of nitrogens with zero attached hydrogens (tertiary/aromatic N) is 2. The molecule has 156 valence electrons. The SMILES string of the molecule is CCOc1ccc([C@H](C)NC(=O)Cc2csc(N3CCCC3=O)n2)cc1OCC. The molecule has 1 fully saturated rings. The van der Waals surface area contributed by atoms with Crippen LogP contribution in [0.25, 0.3) is 0 Å². The Labute approximate surface area is 175 Å². The molecular weight excluding hydrogens is 390 g/mol. The Balaban J connectivity index is 1.61. The van der Waals surface area contributed by atoms with Gasteiger partial charge in [0.1, 0.15) is 0 Å². The number of anilines is 1. The number of carbonyl (C=O) groups is 2. The van der Waals surface area contributed by atoms with Gasteiger partial charge in [-0.1, -0.05) is 6.07 Å². The molecule has 29 heavy (non-hydrogen) atoms. The molecule has 1 aromatic heterocycles. The summed E-state index contributed by atoms with van der Waals surface area (Å²) in [7, 11) is 0. The van der Waals surface area contributed by atoms with E-state index in [0.717, 1.165) is 12.0 Å². The molecule has 0 unspecified atom stereocenters. The van der Waals surface area contributed by atoms with E-state index in [1.165, 1.54) is 11.3 Å². The van der Waals surface area contributed by atoms with E-state index in [0.29, 0.717) is 48.5 Å². The van der Waals surface area contributed by atoms with Crippen LogP contribution < -0.4 is 19.7 Å². The van der Waals surface area contributed by atoms with E-state index < -0.39 is 0 Å². The molecule has 0 aliphatic carbocycles. The minimum atomic E-state index is -0.185. The molecule has 2 amide bonds. The third-order valence-electron chi connectivity index (χ3n) is 4.63. The van der Waals surface area contributed by atoms with Crippen molar-refractivity contribution in [3.05, 3.63) is 34.8 Å². The van der Waals surface area contributed by atoms with E-state index in [1.54, 1.807) is 4.90 Å². The lowest BCUT2D eigenvalue weighted by Crippen LogP contribution is -2.28. The van der Waals surface area contributed by atoms with E-state index in [1.807, 2.05) is 44.4 Å². The first-order chi connectivity index (χ1) is 14.0. The fourth-order valence-corrected chi connectivity index (χ4v) is 4.10. The van der Waals surface area contributed by atoms with Gasteiger partial charge in [0.05, 0.1) is 31.4 Å². The van der Waals surface area contributed by atoms with Gasteiger partial charge < -0.3 is 14.8 Å². The predicted molar refractivity (Wildman–Crippen MR) is 113 cm³/mol. The lowest BCUT2D eigenvalue weighted by molar-refractivity contribution is -0.121. The van der Waals surface area contributed by atoms with Gasteiger partial charge >= 0.3 is 0 Å². The molecule has 1 saturated heterocycles. The van der Waals surface area contributed by atoms with Crippen LogP contribution >= 0.6 is 11.3 Å². The lowest BCUT2D eigenvalue weighted by atomic mass is 10.1. The first-order valence-electron chi connectivity index (χ1n) is 9.95. The number of thiazole rings is 1. The van der Waals surface area contributed by atoms with E-state index in [2.05, 4.69) is 10.3 Å². The summed E-state index contributed by atoms with van der Waals surface area (Å²) in [5.41, 5.74) is 1.61. The highest BCUT2D eigenvalue weighted by Gasteiger charge is 2.24. The average molecular weight is 418 g/mol. The molecule has 0 saturated carbocycles. The Hall–Kier alpha value is -2.61. The normalized spacial score (nSPS) is 14.7. The highest BCUT2D eigenvalue weighted by Crippen LogP contribution is 2.31. The van der Waals surface area contributed by atoms with Crippen LogP contribution in [0.4, 0.5) is 5.13 Å². The summed E-state index contributed by atoms with van der Waals surface area (Å²) < 4.78 is 11.3. The minimum Gasteiger partial charge on any atom is -0.490 e. The molecule has 2 heterocycles. The van der Waals surface area contributed by atoms with Gasteiger partial charge in [0.15, 0.2) is 16.6 Å². The maximum absolute atomic E-state index is 12.5. The predicted octanol–water partition coefficient (Wildman–Crippen LogP) is 3.49. The zero-order valence-corrected chi connectivity index (χ0v) is 17.9. The summed E-state index contributed by atoms with van der Waals surface area (Å²) in [4.78, 5) is 30.5. The average Bonchev–Trinajstić information content (AvgIpc) is 3.32. The second-order valence-electron chi connectivity index (χ2n) is 6.81. The Kier molecular flexibility index (Phi) is 7.09. The molecule has 3 rings (SSSR count). The van der Waals surface area contributed by atoms with Crippen molar-refractivity contribution in [1.82, 2.24) is 10.3 Å². The summed E-state index contributed by atoms with van der Waals surface area (Å²) >= 11 is 1.40. The van der Waals surface area contributed by atoms with E-state index >= 15 is 0 Å². The van der Waals surface area contributed by atoms with Gasteiger partial charge in [-0.2, -0.15) is 0 Å². The summed E-state index contributed by atoms with van der Waals surface area (Å²) in [6.07, 6.45) is 1.61. The Bertz CT molecular complexity index is 867. The van der Waals surface area contributed by atoms with Gasteiger partial charge in [0.25, 0.3) is 0 Å². The number of hydrogen-bond donors (Lipinski definition) is 1. The van der Waals surface area contributed by atoms with Crippen molar-refractivity contribution < 1.29 is 19.1 Å². The first kappa shape index (κ1) is 21.1. The van der Waals surface area contributed by atoms with Gasteiger partial charge in [-0.3, -0.25) is 14.5 Å². The molecule has 1 N–H and O–H groups in total. The number of aromatic nitrogens is 1. The second-order valence-corrected chi connectivity index (χ2v) is 7.65. The molecule has 1 aromatic carbocycles. The number of carbonyl (C=O) groups excluding carboxylic acids is 2. The van der Waals surface area contributed by atoms with Gasteiger partial charge in [-0.25, -0.2) is 4.98 Å². The van der Waals surface area contributed by atoms with E-state index in [4.69, 9.17) is 9.47 Å². The van der Waals surface area contributed by atoms with E-state index in [9.17, 15) is 9.59 Å². The highest BCUT2D eigenvalue weighted by molar-refractivity contribution is 7.14. The molecule has 2 aromatic rings. The van der Waals surface area contributed by atoms with Crippen LogP contribution in [-0.4, -0.2) is 36.6 Å². The van der Waals surface area contributed by atoms with Crippen LogP contribution in [0.2, 0.25) is 0 Å². The lowest BCUT2D eigenvalue weighted by Gasteiger charge is -2.17. The van der Waals surface area contributed by atoms with Crippen molar-refractivity contribution in [2.75, 3.05) is 24.7 Å². The Morgan fingerprint density at radius 3 is 2.72 bits per heavy atom. The number of rotatable bonds is 9. The molecule has 0 bridgehead atoms. The number of nitrogens with one attached hydrogen (secondary N) is 1. The summed E-state index contributed by atoms with van der Waals surface area (Å²) in [5, 5.41) is 5.52. The Morgan fingerprint density at radius 2 is 2.03 bits per heavy atom. The molecule has 0 spiro atoms. The van der Waals surface area contributed by atoms with Crippen LogP contribution in [0.15, 0.2) is 23.6 Å². The summed E-state index contributed by atoms with van der Waals surface area (Å²) in [6, 6.07) is 5.51. The Morgan fingerprint density at radius 1 is 1.28 bits per heavy atom. The smallest absolute Gasteiger partial charge is 0.228 e. The van der Waals surface area contributed by atoms with Crippen molar-refractivity contribution in [3.63, 3.8) is 0 Å². The van der Waals surface area contributed by atoms with Crippen LogP contribution in [0.3, 0.4) is 0 Å². The van der Waals surface area contributed by atoms with Crippen molar-refractivity contribution in [1.29, 1.82) is 0 Å². The molecule has 1 aliphatic rings. The molecule has 1 aliphatic heterocycles. The number of amides is 2. The van der Waals surface area contributed by atoms with Gasteiger partial charge in [-0.15, -0.1) is 11.3 Å². The maximum atomic E-state index is 12.5. The second kappa shape index (κ2) is 9.73. The zero-order chi connectivity index (χ0) is 20.8. The first-order valence-corrected chi connectivity index (χ1v) is 10.8. The molecular formula is C21H27N3O4S. The fraction of sp³-hybridized carbons (Fsp3) is 0.476. The third-order valence-corrected chi connectivity index (χ3v) is 5.54. The van der Waals surface area contributed by atoms with E-state index in [-0.39, 0.29) is 24.3 Å². The largest absolute Gasteiger partial charge is 0.490 e. The van der Waals surface area contributed by atoms with Crippen molar-refractivity contribution in [3.8, 4) is 11.5 Å². The van der Waals surface area contributed by atoms with Gasteiger partial charge in [0.2, 0.25) is 11.8 Å². The maximum Gasteiger partial charge on any atom is 0.228 e. The quantitative estimate of drug-likeness (QED) is 0.676. The standard InChI is InChI=1S/C21H27N3O4S/c1-4-27-17-9-8-15(11-18(17)28-5-2)14(3)22-19(25)12-16-13-29-21(23-16)24-10-6-7-20(24)26/h8-9,11,13-14H,4-7,10,12H2,1-3H3,(H,22,25)/t14-/m0/s1. The topological polar surface area (TPSA) is 80.8 Å². The van der Waals surface area contributed by atoms with Gasteiger partial charge in [0, 0.05) is 18.3 Å². The van der Waals surface area contributed by atoms with Crippen LogP contribution in [0.5, 0.6) is 11.5 Å². The molecule has 7 nitrogen and oxygen atoms in total. The number of hydrogen-bond acceptors (Lipinski definition) is 6. The highest BCUT2D eigenvalue weighted by atomic mass is 32.1. The molecule has 8 heteroatoms. The zero-order valence-electron chi connectivity index (χ0n) is 17.1. The fourth-order valence-electron chi connectivity index (χ4n) is 3.23. The third kappa shape index (κ3) is 5.26. The van der Waals surface area contributed by atoms with Crippen molar-refractivity contribution in [2.45, 2.75) is 46.1 Å². The molecule has 1 atom stereocenters. The van der Waals surface area contributed by atoms with Crippen LogP contribution in [-0.2, 0) is 16.0 Å². The van der Waals surface area contributed by atoms with Crippen LogP contribution in [0.1, 0.15) is 50.9 Å². The molecule has 0 radical (unpaired) electrons. The monoisotopic (exact) mass is 417 g/mol. The van der Waals surface area contributed by atoms with Crippen molar-refractivity contribution in [2.24, 2.45) is 0 Å². The minimum absolute atomic E-state index is 0.101.